The molecule has 0 unspecified atom stereocenters. The predicted molar refractivity (Wildman–Crippen MR) is 99.2 cm³/mol. The summed E-state index contributed by atoms with van der Waals surface area (Å²) in [5, 5.41) is 14.2. The van der Waals surface area contributed by atoms with Gasteiger partial charge in [0.1, 0.15) is 11.6 Å². The van der Waals surface area contributed by atoms with Crippen LogP contribution in [-0.2, 0) is 6.54 Å². The van der Waals surface area contributed by atoms with E-state index in [0.717, 1.165) is 10.6 Å². The number of aromatic nitrogens is 3. The first kappa shape index (κ1) is 18.9. The number of ether oxygens (including phenoxy) is 1. The fourth-order valence-corrected chi connectivity index (χ4v) is 2.99. The second-order valence-electron chi connectivity index (χ2n) is 6.25. The number of rotatable bonds is 5. The summed E-state index contributed by atoms with van der Waals surface area (Å²) in [6.45, 7) is 3.88. The molecule has 142 valence electrons. The second kappa shape index (κ2) is 7.40. The summed E-state index contributed by atoms with van der Waals surface area (Å²) in [5.74, 6) is -0.0976. The van der Waals surface area contributed by atoms with Crippen molar-refractivity contribution < 1.29 is 19.0 Å². The summed E-state index contributed by atoms with van der Waals surface area (Å²) in [4.78, 5) is 17.4. The summed E-state index contributed by atoms with van der Waals surface area (Å²) in [5.41, 5.74) is 1.95. The van der Waals surface area contributed by atoms with Crippen LogP contribution < -0.4 is 9.64 Å². The quantitative estimate of drug-likeness (QED) is 0.698. The molecule has 9 heteroatoms. The van der Waals surface area contributed by atoms with Crippen molar-refractivity contribution >= 4 is 29.0 Å². The minimum absolute atomic E-state index is 0.0708. The van der Waals surface area contributed by atoms with Gasteiger partial charge in [0.2, 0.25) is 0 Å². The molecule has 27 heavy (non-hydrogen) atoms. The van der Waals surface area contributed by atoms with Crippen molar-refractivity contribution in [1.29, 1.82) is 0 Å². The Hall–Kier alpha value is -2.87. The standard InChI is InChI=1S/C18H18ClFN4O3/c1-10(2)14-8-21-17-13(7-16(19)22-24(14)17)23(18(25)26)9-11-4-5-12(20)6-15(11)27-3/h4-8,10H,9H2,1-3H3,(H,25,26). The molecule has 0 aliphatic heterocycles. The van der Waals surface area contributed by atoms with E-state index < -0.39 is 11.9 Å². The van der Waals surface area contributed by atoms with Gasteiger partial charge in [0.15, 0.2) is 10.8 Å². The lowest BCUT2D eigenvalue weighted by Crippen LogP contribution is -2.29. The number of anilines is 1. The normalized spacial score (nSPS) is 11.2. The summed E-state index contributed by atoms with van der Waals surface area (Å²) in [7, 11) is 1.40. The number of carboxylic acid groups (broad SMARTS) is 1. The van der Waals surface area contributed by atoms with Crippen LogP contribution in [0.1, 0.15) is 31.0 Å². The van der Waals surface area contributed by atoms with Gasteiger partial charge in [-0.05, 0) is 12.0 Å². The van der Waals surface area contributed by atoms with Crippen molar-refractivity contribution in [3.63, 3.8) is 0 Å². The fraction of sp³-hybridized carbons (Fsp3) is 0.278. The molecule has 1 N–H and O–H groups in total. The van der Waals surface area contributed by atoms with Gasteiger partial charge in [-0.3, -0.25) is 4.90 Å². The van der Waals surface area contributed by atoms with Gasteiger partial charge in [0.25, 0.3) is 0 Å². The molecule has 0 atom stereocenters. The predicted octanol–water partition coefficient (Wildman–Crippen LogP) is 4.34. The number of nitrogens with zero attached hydrogens (tertiary/aromatic N) is 4. The zero-order valence-electron chi connectivity index (χ0n) is 15.0. The Labute approximate surface area is 160 Å². The molecule has 3 aromatic rings. The summed E-state index contributed by atoms with van der Waals surface area (Å²) in [6.07, 6.45) is 0.436. The van der Waals surface area contributed by atoms with Gasteiger partial charge in [0.05, 0.1) is 31.2 Å². The van der Waals surface area contributed by atoms with Crippen LogP contribution in [0.15, 0.2) is 30.5 Å². The molecule has 0 spiro atoms. The first-order valence-corrected chi connectivity index (χ1v) is 8.56. The molecular formula is C18H18ClFN4O3. The van der Waals surface area contributed by atoms with Crippen molar-refractivity contribution in [1.82, 2.24) is 14.6 Å². The van der Waals surface area contributed by atoms with Crippen LogP contribution >= 0.6 is 11.6 Å². The van der Waals surface area contributed by atoms with Crippen LogP contribution in [0.2, 0.25) is 5.15 Å². The SMILES string of the molecule is COc1cc(F)ccc1CN(C(=O)O)c1cc(Cl)nn2c(C(C)C)cnc12. The monoisotopic (exact) mass is 392 g/mol. The molecule has 0 aliphatic rings. The maximum absolute atomic E-state index is 13.4. The molecular weight excluding hydrogens is 375 g/mol. The number of amides is 1. The van der Waals surface area contributed by atoms with E-state index in [1.807, 2.05) is 13.8 Å². The van der Waals surface area contributed by atoms with Crippen molar-refractivity contribution in [2.75, 3.05) is 12.0 Å². The van der Waals surface area contributed by atoms with Crippen LogP contribution in [0, 0.1) is 5.82 Å². The molecule has 0 fully saturated rings. The summed E-state index contributed by atoms with van der Waals surface area (Å²) in [6, 6.07) is 5.38. The zero-order chi connectivity index (χ0) is 19.7. The van der Waals surface area contributed by atoms with Crippen molar-refractivity contribution in [2.45, 2.75) is 26.3 Å². The van der Waals surface area contributed by atoms with Gasteiger partial charge in [-0.25, -0.2) is 18.7 Å². The van der Waals surface area contributed by atoms with E-state index in [4.69, 9.17) is 16.3 Å². The largest absolute Gasteiger partial charge is 0.496 e. The van der Waals surface area contributed by atoms with Crippen LogP contribution in [-0.4, -0.2) is 32.9 Å². The van der Waals surface area contributed by atoms with E-state index in [9.17, 15) is 14.3 Å². The van der Waals surface area contributed by atoms with Crippen molar-refractivity contribution in [3.8, 4) is 5.75 Å². The molecule has 7 nitrogen and oxygen atoms in total. The molecule has 1 amide bonds. The highest BCUT2D eigenvalue weighted by molar-refractivity contribution is 6.29. The average molecular weight is 393 g/mol. The lowest BCUT2D eigenvalue weighted by Gasteiger charge is -2.21. The van der Waals surface area contributed by atoms with Crippen molar-refractivity contribution in [2.24, 2.45) is 0 Å². The Morgan fingerprint density at radius 2 is 2.15 bits per heavy atom. The topological polar surface area (TPSA) is 80.0 Å². The maximum atomic E-state index is 13.4. The van der Waals surface area contributed by atoms with Gasteiger partial charge in [-0.1, -0.05) is 31.5 Å². The molecule has 3 rings (SSSR count). The summed E-state index contributed by atoms with van der Waals surface area (Å²) < 4.78 is 20.2. The first-order chi connectivity index (χ1) is 12.8. The smallest absolute Gasteiger partial charge is 0.412 e. The average Bonchev–Trinajstić information content (AvgIpc) is 3.03. The van der Waals surface area contributed by atoms with Gasteiger partial charge in [-0.15, -0.1) is 0 Å². The van der Waals surface area contributed by atoms with E-state index in [1.165, 1.54) is 31.4 Å². The third-order valence-corrected chi connectivity index (χ3v) is 4.32. The van der Waals surface area contributed by atoms with E-state index in [0.29, 0.717) is 11.2 Å². The fourth-order valence-electron chi connectivity index (χ4n) is 2.81. The molecule has 2 heterocycles. The van der Waals surface area contributed by atoms with Crippen LogP contribution in [0.4, 0.5) is 14.9 Å². The number of imidazole rings is 1. The van der Waals surface area contributed by atoms with Crippen molar-refractivity contribution in [3.05, 3.63) is 52.7 Å². The number of hydrogen-bond donors (Lipinski definition) is 1. The molecule has 0 bridgehead atoms. The minimum atomic E-state index is -1.21. The molecule has 0 saturated heterocycles. The third kappa shape index (κ3) is 3.66. The number of methoxy groups -OCH3 is 1. The highest BCUT2D eigenvalue weighted by Crippen LogP contribution is 2.30. The van der Waals surface area contributed by atoms with E-state index >= 15 is 0 Å². The number of benzene rings is 1. The number of halogens is 2. The maximum Gasteiger partial charge on any atom is 0.412 e. The molecule has 2 aromatic heterocycles. The Kier molecular flexibility index (Phi) is 5.18. The first-order valence-electron chi connectivity index (χ1n) is 8.19. The second-order valence-corrected chi connectivity index (χ2v) is 6.64. The van der Waals surface area contributed by atoms with Crippen LogP contribution in [0.3, 0.4) is 0 Å². The molecule has 1 aromatic carbocycles. The van der Waals surface area contributed by atoms with E-state index in [-0.39, 0.29) is 29.1 Å². The third-order valence-electron chi connectivity index (χ3n) is 4.14. The highest BCUT2D eigenvalue weighted by Gasteiger charge is 2.23. The Balaban J connectivity index is 2.12. The number of carbonyl (C=O) groups is 1. The molecule has 0 aliphatic carbocycles. The van der Waals surface area contributed by atoms with Crippen LogP contribution in [0.5, 0.6) is 5.75 Å². The number of fused-ring (bicyclic) bond motifs is 1. The van der Waals surface area contributed by atoms with Gasteiger partial charge in [0, 0.05) is 17.7 Å². The van der Waals surface area contributed by atoms with E-state index in [2.05, 4.69) is 10.1 Å². The zero-order valence-corrected chi connectivity index (χ0v) is 15.7. The van der Waals surface area contributed by atoms with Gasteiger partial charge < -0.3 is 9.84 Å². The minimum Gasteiger partial charge on any atom is -0.496 e. The lowest BCUT2D eigenvalue weighted by molar-refractivity contribution is 0.201. The highest BCUT2D eigenvalue weighted by atomic mass is 35.5. The lowest BCUT2D eigenvalue weighted by atomic mass is 10.1. The van der Waals surface area contributed by atoms with E-state index in [1.54, 1.807) is 10.7 Å². The number of hydrogen-bond acceptors (Lipinski definition) is 4. The van der Waals surface area contributed by atoms with Crippen LogP contribution in [0.25, 0.3) is 5.65 Å². The van der Waals surface area contributed by atoms with Gasteiger partial charge in [-0.2, -0.15) is 5.10 Å². The summed E-state index contributed by atoms with van der Waals surface area (Å²) >= 11 is 6.13. The Morgan fingerprint density at radius 3 is 2.78 bits per heavy atom. The van der Waals surface area contributed by atoms with Gasteiger partial charge >= 0.3 is 6.09 Å². The molecule has 0 saturated carbocycles. The molecule has 0 radical (unpaired) electrons. The Morgan fingerprint density at radius 1 is 1.41 bits per heavy atom. The Bertz CT molecular complexity index is 1010.